The first kappa shape index (κ1) is 14.1. The molecular formula is C14H12BrClN2O. The van der Waals surface area contributed by atoms with Crippen LogP contribution in [0.2, 0.25) is 5.02 Å². The van der Waals surface area contributed by atoms with E-state index in [1.807, 2.05) is 12.1 Å². The highest BCUT2D eigenvalue weighted by molar-refractivity contribution is 9.10. The van der Waals surface area contributed by atoms with Gasteiger partial charge in [-0.15, -0.1) is 0 Å². The van der Waals surface area contributed by atoms with Crippen molar-refractivity contribution in [2.45, 2.75) is 6.54 Å². The lowest BCUT2D eigenvalue weighted by atomic mass is 10.1. The van der Waals surface area contributed by atoms with E-state index in [9.17, 15) is 4.79 Å². The minimum Gasteiger partial charge on any atom is -0.326 e. The molecule has 1 amide bonds. The number of halogens is 2. The van der Waals surface area contributed by atoms with Gasteiger partial charge in [-0.3, -0.25) is 4.79 Å². The summed E-state index contributed by atoms with van der Waals surface area (Å²) in [7, 11) is 0. The maximum absolute atomic E-state index is 12.0. The molecule has 5 heteroatoms. The van der Waals surface area contributed by atoms with Crippen LogP contribution in [0.1, 0.15) is 15.9 Å². The molecule has 2 rings (SSSR count). The molecule has 0 saturated carbocycles. The zero-order chi connectivity index (χ0) is 13.8. The van der Waals surface area contributed by atoms with Gasteiger partial charge in [0.15, 0.2) is 0 Å². The molecule has 3 nitrogen and oxygen atoms in total. The molecule has 2 aromatic carbocycles. The van der Waals surface area contributed by atoms with Crippen molar-refractivity contribution < 1.29 is 4.79 Å². The first-order valence-corrected chi connectivity index (χ1v) is 6.82. The Bertz CT molecular complexity index is 599. The van der Waals surface area contributed by atoms with Crippen LogP contribution in [0.15, 0.2) is 46.9 Å². The molecule has 98 valence electrons. The topological polar surface area (TPSA) is 55.1 Å². The summed E-state index contributed by atoms with van der Waals surface area (Å²) in [5.74, 6) is -0.169. The summed E-state index contributed by atoms with van der Waals surface area (Å²) in [5, 5.41) is 3.41. The van der Waals surface area contributed by atoms with Gasteiger partial charge in [-0.25, -0.2) is 0 Å². The van der Waals surface area contributed by atoms with Gasteiger partial charge >= 0.3 is 0 Å². The Morgan fingerprint density at radius 1 is 1.21 bits per heavy atom. The molecule has 0 aromatic heterocycles. The minimum absolute atomic E-state index is 0.169. The van der Waals surface area contributed by atoms with E-state index < -0.39 is 0 Å². The first-order valence-electron chi connectivity index (χ1n) is 5.65. The SMILES string of the molecule is NCc1ccc(C(=O)Nc2ccc(Cl)c(Br)c2)cc1. The van der Waals surface area contributed by atoms with E-state index in [-0.39, 0.29) is 5.91 Å². The van der Waals surface area contributed by atoms with Crippen molar-refractivity contribution in [3.8, 4) is 0 Å². The maximum Gasteiger partial charge on any atom is 0.255 e. The van der Waals surface area contributed by atoms with E-state index in [0.717, 1.165) is 10.0 Å². The average Bonchev–Trinajstić information content (AvgIpc) is 2.43. The van der Waals surface area contributed by atoms with Crippen molar-refractivity contribution in [2.24, 2.45) is 5.73 Å². The molecule has 0 spiro atoms. The van der Waals surface area contributed by atoms with E-state index in [2.05, 4.69) is 21.2 Å². The fourth-order valence-corrected chi connectivity index (χ4v) is 2.07. The van der Waals surface area contributed by atoms with Gasteiger partial charge in [-0.1, -0.05) is 23.7 Å². The predicted octanol–water partition coefficient (Wildman–Crippen LogP) is 3.81. The maximum atomic E-state index is 12.0. The van der Waals surface area contributed by atoms with Crippen LogP contribution >= 0.6 is 27.5 Å². The Hall–Kier alpha value is -1.36. The summed E-state index contributed by atoms with van der Waals surface area (Å²) in [6, 6.07) is 12.4. The third kappa shape index (κ3) is 3.56. The molecule has 0 radical (unpaired) electrons. The second-order valence-electron chi connectivity index (χ2n) is 3.98. The second kappa shape index (κ2) is 6.19. The Labute approximate surface area is 124 Å². The quantitative estimate of drug-likeness (QED) is 0.893. The molecule has 0 aliphatic rings. The van der Waals surface area contributed by atoms with Crippen molar-refractivity contribution >= 4 is 39.1 Å². The Balaban J connectivity index is 2.13. The lowest BCUT2D eigenvalue weighted by molar-refractivity contribution is 0.102. The number of carbonyl (C=O) groups excluding carboxylic acids is 1. The number of rotatable bonds is 3. The van der Waals surface area contributed by atoms with Gasteiger partial charge in [-0.2, -0.15) is 0 Å². The molecule has 2 aromatic rings. The molecule has 0 saturated heterocycles. The van der Waals surface area contributed by atoms with Crippen LogP contribution < -0.4 is 11.1 Å². The van der Waals surface area contributed by atoms with E-state index in [4.69, 9.17) is 17.3 Å². The van der Waals surface area contributed by atoms with Crippen molar-refractivity contribution in [3.05, 3.63) is 63.1 Å². The van der Waals surface area contributed by atoms with Gasteiger partial charge < -0.3 is 11.1 Å². The summed E-state index contributed by atoms with van der Waals surface area (Å²) in [4.78, 5) is 12.0. The van der Waals surface area contributed by atoms with Crippen molar-refractivity contribution in [1.29, 1.82) is 0 Å². The Morgan fingerprint density at radius 2 is 1.89 bits per heavy atom. The monoisotopic (exact) mass is 338 g/mol. The summed E-state index contributed by atoms with van der Waals surface area (Å²) in [6.07, 6.45) is 0. The van der Waals surface area contributed by atoms with Crippen molar-refractivity contribution in [2.75, 3.05) is 5.32 Å². The first-order chi connectivity index (χ1) is 9.10. The number of anilines is 1. The van der Waals surface area contributed by atoms with Crippen LogP contribution in [0, 0.1) is 0 Å². The predicted molar refractivity (Wildman–Crippen MR) is 81.4 cm³/mol. The summed E-state index contributed by atoms with van der Waals surface area (Å²) in [6.45, 7) is 0.464. The molecule has 0 unspecified atom stereocenters. The minimum atomic E-state index is -0.169. The third-order valence-electron chi connectivity index (χ3n) is 2.63. The summed E-state index contributed by atoms with van der Waals surface area (Å²) < 4.78 is 0.741. The smallest absolute Gasteiger partial charge is 0.255 e. The number of hydrogen-bond acceptors (Lipinski definition) is 2. The van der Waals surface area contributed by atoms with Gasteiger partial charge in [0.05, 0.1) is 5.02 Å². The normalized spacial score (nSPS) is 10.3. The van der Waals surface area contributed by atoms with Gasteiger partial charge in [0.25, 0.3) is 5.91 Å². The second-order valence-corrected chi connectivity index (χ2v) is 5.25. The van der Waals surface area contributed by atoms with Gasteiger partial charge in [0, 0.05) is 22.3 Å². The fourth-order valence-electron chi connectivity index (χ4n) is 1.57. The Morgan fingerprint density at radius 3 is 2.47 bits per heavy atom. The molecular weight excluding hydrogens is 328 g/mol. The number of benzene rings is 2. The van der Waals surface area contributed by atoms with Gasteiger partial charge in [-0.05, 0) is 51.8 Å². The lowest BCUT2D eigenvalue weighted by Crippen LogP contribution is -2.12. The van der Waals surface area contributed by atoms with Gasteiger partial charge in [0.2, 0.25) is 0 Å². The zero-order valence-electron chi connectivity index (χ0n) is 9.99. The molecule has 0 fully saturated rings. The summed E-state index contributed by atoms with van der Waals surface area (Å²) >= 11 is 9.21. The van der Waals surface area contributed by atoms with Crippen LogP contribution in [-0.2, 0) is 6.54 Å². The standard InChI is InChI=1S/C14H12BrClN2O/c15-12-7-11(5-6-13(12)16)18-14(19)10-3-1-9(8-17)2-4-10/h1-7H,8,17H2,(H,18,19). The molecule has 0 aliphatic carbocycles. The Kier molecular flexibility index (Phi) is 4.58. The highest BCUT2D eigenvalue weighted by Gasteiger charge is 2.07. The van der Waals surface area contributed by atoms with Crippen molar-refractivity contribution in [1.82, 2.24) is 0 Å². The molecule has 19 heavy (non-hydrogen) atoms. The highest BCUT2D eigenvalue weighted by Crippen LogP contribution is 2.25. The summed E-state index contributed by atoms with van der Waals surface area (Å²) in [5.41, 5.74) is 7.77. The lowest BCUT2D eigenvalue weighted by Gasteiger charge is -2.07. The number of carbonyl (C=O) groups is 1. The molecule has 0 atom stereocenters. The molecule has 0 bridgehead atoms. The zero-order valence-corrected chi connectivity index (χ0v) is 12.3. The molecule has 0 aliphatic heterocycles. The number of hydrogen-bond donors (Lipinski definition) is 2. The van der Waals surface area contributed by atoms with E-state index in [1.54, 1.807) is 30.3 Å². The highest BCUT2D eigenvalue weighted by atomic mass is 79.9. The van der Waals surface area contributed by atoms with Crippen LogP contribution in [-0.4, -0.2) is 5.91 Å². The van der Waals surface area contributed by atoms with Crippen LogP contribution in [0.4, 0.5) is 5.69 Å². The fraction of sp³-hybridized carbons (Fsp3) is 0.0714. The number of nitrogens with one attached hydrogen (secondary N) is 1. The van der Waals surface area contributed by atoms with Gasteiger partial charge in [0.1, 0.15) is 0 Å². The average molecular weight is 340 g/mol. The van der Waals surface area contributed by atoms with E-state index in [1.165, 1.54) is 0 Å². The number of amides is 1. The largest absolute Gasteiger partial charge is 0.326 e. The van der Waals surface area contributed by atoms with E-state index >= 15 is 0 Å². The van der Waals surface area contributed by atoms with Crippen molar-refractivity contribution in [3.63, 3.8) is 0 Å². The molecule has 0 heterocycles. The van der Waals surface area contributed by atoms with Crippen LogP contribution in [0.25, 0.3) is 0 Å². The number of nitrogens with two attached hydrogens (primary N) is 1. The van der Waals surface area contributed by atoms with Crippen LogP contribution in [0.3, 0.4) is 0 Å². The van der Waals surface area contributed by atoms with Crippen LogP contribution in [0.5, 0.6) is 0 Å². The third-order valence-corrected chi connectivity index (χ3v) is 3.84. The molecule has 3 N–H and O–H groups in total. The van der Waals surface area contributed by atoms with E-state index in [0.29, 0.717) is 22.8 Å².